The Morgan fingerprint density at radius 2 is 1.36 bits per heavy atom. The van der Waals surface area contributed by atoms with E-state index in [0.29, 0.717) is 27.1 Å². The van der Waals surface area contributed by atoms with Gasteiger partial charge in [0.15, 0.2) is 0 Å². The summed E-state index contributed by atoms with van der Waals surface area (Å²) in [6, 6.07) is 22.8. The number of phenolic OH excluding ortho intramolecular Hbond substituents is 1. The quantitative estimate of drug-likeness (QED) is 0.448. The van der Waals surface area contributed by atoms with Gasteiger partial charge in [-0.25, -0.2) is 0 Å². The van der Waals surface area contributed by atoms with E-state index < -0.39 is 0 Å². The molecule has 138 valence electrons. The van der Waals surface area contributed by atoms with Crippen molar-refractivity contribution in [1.82, 2.24) is 4.98 Å². The summed E-state index contributed by atoms with van der Waals surface area (Å²) < 4.78 is 0. The second-order valence-corrected chi connectivity index (χ2v) is 7.31. The van der Waals surface area contributed by atoms with Crippen LogP contribution in [0.3, 0.4) is 0 Å². The van der Waals surface area contributed by atoms with Gasteiger partial charge in [-0.1, -0.05) is 78.6 Å². The first kappa shape index (κ1) is 17.8. The van der Waals surface area contributed by atoms with Crippen LogP contribution in [0.5, 0.6) is 11.6 Å². The maximum Gasteiger partial charge on any atom is 0.307 e. The van der Waals surface area contributed by atoms with E-state index in [1.165, 1.54) is 0 Å². The minimum atomic E-state index is -0.348. The van der Waals surface area contributed by atoms with E-state index in [4.69, 9.17) is 0 Å². The van der Waals surface area contributed by atoms with Crippen molar-refractivity contribution in [2.24, 2.45) is 0 Å². The SMILES string of the molecule is C=C(c1cc(-c2ccccc2)c(O)c(-c2ccccc2)c1)c1sc(=O)[nH]c1O. The zero-order chi connectivity index (χ0) is 19.7. The molecule has 0 aliphatic rings. The maximum atomic E-state index is 11.6. The number of thiazole rings is 1. The standard InChI is InChI=1S/C23H17NO3S/c1-14(21-22(26)24-23(27)28-21)17-12-18(15-8-4-2-5-9-15)20(25)19(13-17)16-10-6-3-7-11-16/h2-13,25-26H,1H2,(H,24,27). The van der Waals surface area contributed by atoms with Crippen molar-refractivity contribution in [2.75, 3.05) is 0 Å². The summed E-state index contributed by atoms with van der Waals surface area (Å²) in [6.07, 6.45) is 0. The zero-order valence-electron chi connectivity index (χ0n) is 14.8. The van der Waals surface area contributed by atoms with Gasteiger partial charge in [0.2, 0.25) is 5.88 Å². The molecule has 0 amide bonds. The largest absolute Gasteiger partial charge is 0.507 e. The molecule has 5 heteroatoms. The molecule has 4 nitrogen and oxygen atoms in total. The van der Waals surface area contributed by atoms with E-state index >= 15 is 0 Å². The summed E-state index contributed by atoms with van der Waals surface area (Å²) in [7, 11) is 0. The zero-order valence-corrected chi connectivity index (χ0v) is 15.7. The Labute approximate surface area is 165 Å². The highest BCUT2D eigenvalue weighted by Crippen LogP contribution is 2.42. The molecule has 3 aromatic carbocycles. The van der Waals surface area contributed by atoms with Gasteiger partial charge in [0.05, 0.1) is 4.88 Å². The molecule has 0 bridgehead atoms. The predicted octanol–water partition coefficient (Wildman–Crippen LogP) is 5.24. The number of rotatable bonds is 4. The third kappa shape index (κ3) is 3.23. The molecule has 3 N–H and O–H groups in total. The van der Waals surface area contributed by atoms with E-state index in [1.54, 1.807) is 0 Å². The van der Waals surface area contributed by atoms with Crippen molar-refractivity contribution >= 4 is 16.9 Å². The van der Waals surface area contributed by atoms with Gasteiger partial charge in [-0.3, -0.25) is 9.78 Å². The fourth-order valence-corrected chi connectivity index (χ4v) is 3.86. The lowest BCUT2D eigenvalue weighted by atomic mass is 9.92. The topological polar surface area (TPSA) is 73.3 Å². The molecule has 0 aliphatic carbocycles. The fourth-order valence-electron chi connectivity index (χ4n) is 3.14. The highest BCUT2D eigenvalue weighted by Gasteiger charge is 2.18. The number of hydrogen-bond donors (Lipinski definition) is 3. The second-order valence-electron chi connectivity index (χ2n) is 6.32. The third-order valence-corrected chi connectivity index (χ3v) is 5.46. The predicted molar refractivity (Wildman–Crippen MR) is 114 cm³/mol. The van der Waals surface area contributed by atoms with Crippen LogP contribution in [0.25, 0.3) is 27.8 Å². The van der Waals surface area contributed by atoms with Crippen molar-refractivity contribution in [2.45, 2.75) is 0 Å². The van der Waals surface area contributed by atoms with Gasteiger partial charge >= 0.3 is 4.87 Å². The number of nitrogens with one attached hydrogen (secondary N) is 1. The molecule has 1 heterocycles. The van der Waals surface area contributed by atoms with E-state index in [9.17, 15) is 15.0 Å². The number of aromatic hydroxyl groups is 2. The minimum absolute atomic E-state index is 0.167. The number of phenols is 1. The molecule has 0 fully saturated rings. The Bertz CT molecular complexity index is 1150. The molecule has 0 atom stereocenters. The molecule has 4 aromatic rings. The number of benzene rings is 3. The smallest absolute Gasteiger partial charge is 0.307 e. The normalized spacial score (nSPS) is 10.7. The Morgan fingerprint density at radius 3 is 1.79 bits per heavy atom. The maximum absolute atomic E-state index is 11.6. The molecular formula is C23H17NO3S. The summed E-state index contributed by atoms with van der Waals surface area (Å²) in [4.78, 5) is 14.0. The van der Waals surface area contributed by atoms with Crippen LogP contribution < -0.4 is 4.87 Å². The lowest BCUT2D eigenvalue weighted by Crippen LogP contribution is -1.91. The molecule has 0 spiro atoms. The molecular weight excluding hydrogens is 370 g/mol. The molecule has 4 rings (SSSR count). The van der Waals surface area contributed by atoms with Crippen molar-refractivity contribution in [3.8, 4) is 33.9 Å². The van der Waals surface area contributed by atoms with Crippen molar-refractivity contribution < 1.29 is 10.2 Å². The van der Waals surface area contributed by atoms with E-state index in [0.717, 1.165) is 22.5 Å². The minimum Gasteiger partial charge on any atom is -0.507 e. The van der Waals surface area contributed by atoms with Crippen LogP contribution in [0.1, 0.15) is 10.4 Å². The van der Waals surface area contributed by atoms with Crippen LogP contribution in [0.15, 0.2) is 84.2 Å². The van der Waals surface area contributed by atoms with Crippen LogP contribution in [0, 0.1) is 0 Å². The van der Waals surface area contributed by atoms with Crippen molar-refractivity contribution in [1.29, 1.82) is 0 Å². The van der Waals surface area contributed by atoms with E-state index in [2.05, 4.69) is 11.6 Å². The van der Waals surface area contributed by atoms with Crippen molar-refractivity contribution in [3.05, 3.63) is 99.5 Å². The Hall–Kier alpha value is -3.57. The summed E-state index contributed by atoms with van der Waals surface area (Å²) in [5.74, 6) is -0.0315. The van der Waals surface area contributed by atoms with Crippen LogP contribution in [-0.4, -0.2) is 15.2 Å². The number of aromatic nitrogens is 1. The first-order chi connectivity index (χ1) is 13.5. The first-order valence-electron chi connectivity index (χ1n) is 8.64. The summed E-state index contributed by atoms with van der Waals surface area (Å²) in [6.45, 7) is 4.08. The van der Waals surface area contributed by atoms with E-state index in [1.807, 2.05) is 72.8 Å². The molecule has 0 saturated carbocycles. The fraction of sp³-hybridized carbons (Fsp3) is 0. The number of hydrogen-bond acceptors (Lipinski definition) is 4. The summed E-state index contributed by atoms with van der Waals surface area (Å²) in [5.41, 5.74) is 4.24. The lowest BCUT2D eigenvalue weighted by molar-refractivity contribution is 0.455. The molecule has 28 heavy (non-hydrogen) atoms. The Kier molecular flexibility index (Phi) is 4.59. The van der Waals surface area contributed by atoms with Gasteiger partial charge in [0.1, 0.15) is 5.75 Å². The van der Waals surface area contributed by atoms with Gasteiger partial charge in [-0.2, -0.15) is 0 Å². The van der Waals surface area contributed by atoms with Crippen LogP contribution in [0.4, 0.5) is 0 Å². The van der Waals surface area contributed by atoms with Gasteiger partial charge in [-0.05, 0) is 34.4 Å². The third-order valence-electron chi connectivity index (χ3n) is 4.53. The summed E-state index contributed by atoms with van der Waals surface area (Å²) in [5, 5.41) is 21.0. The Balaban J connectivity index is 1.95. The molecule has 0 unspecified atom stereocenters. The van der Waals surface area contributed by atoms with Crippen LogP contribution >= 0.6 is 11.3 Å². The number of H-pyrrole nitrogens is 1. The van der Waals surface area contributed by atoms with Crippen LogP contribution in [0.2, 0.25) is 0 Å². The monoisotopic (exact) mass is 387 g/mol. The molecule has 0 aliphatic heterocycles. The van der Waals surface area contributed by atoms with Gasteiger partial charge in [0, 0.05) is 11.1 Å². The first-order valence-corrected chi connectivity index (χ1v) is 9.46. The highest BCUT2D eigenvalue weighted by atomic mass is 32.1. The highest BCUT2D eigenvalue weighted by molar-refractivity contribution is 7.10. The van der Waals surface area contributed by atoms with Gasteiger partial charge < -0.3 is 10.2 Å². The number of aromatic amines is 1. The van der Waals surface area contributed by atoms with Crippen LogP contribution in [-0.2, 0) is 0 Å². The lowest BCUT2D eigenvalue weighted by Gasteiger charge is -2.15. The average molecular weight is 387 g/mol. The molecule has 1 aromatic heterocycles. The summed E-state index contributed by atoms with van der Waals surface area (Å²) >= 11 is 0.902. The van der Waals surface area contributed by atoms with Gasteiger partial charge in [-0.15, -0.1) is 0 Å². The van der Waals surface area contributed by atoms with Gasteiger partial charge in [0.25, 0.3) is 0 Å². The second kappa shape index (κ2) is 7.21. The average Bonchev–Trinajstić information content (AvgIpc) is 3.07. The Morgan fingerprint density at radius 1 is 0.857 bits per heavy atom. The molecule has 0 radical (unpaired) electrons. The van der Waals surface area contributed by atoms with Crippen molar-refractivity contribution in [3.63, 3.8) is 0 Å². The van der Waals surface area contributed by atoms with E-state index in [-0.39, 0.29) is 16.5 Å². The molecule has 0 saturated heterocycles.